The number of amides is 1. The van der Waals surface area contributed by atoms with Crippen molar-refractivity contribution in [2.45, 2.75) is 33.7 Å². The van der Waals surface area contributed by atoms with Crippen LogP contribution < -0.4 is 4.74 Å². The molecule has 0 aliphatic heterocycles. The summed E-state index contributed by atoms with van der Waals surface area (Å²) >= 11 is 5.85. The summed E-state index contributed by atoms with van der Waals surface area (Å²) in [4.78, 5) is 14.3. The van der Waals surface area contributed by atoms with Crippen LogP contribution in [0.5, 0.6) is 5.75 Å². The molecule has 3 rings (SSSR count). The lowest BCUT2D eigenvalue weighted by atomic mass is 10.2. The summed E-state index contributed by atoms with van der Waals surface area (Å²) in [6.45, 7) is 5.55. The Bertz CT molecular complexity index is 917. The highest BCUT2D eigenvalue weighted by atomic mass is 35.5. The third-order valence-corrected chi connectivity index (χ3v) is 4.55. The van der Waals surface area contributed by atoms with Crippen LogP contribution in [0.4, 0.5) is 0 Å². The van der Waals surface area contributed by atoms with Crippen molar-refractivity contribution >= 4 is 17.5 Å². The molecular weight excluding hydrogens is 366 g/mol. The van der Waals surface area contributed by atoms with Crippen LogP contribution in [-0.4, -0.2) is 37.4 Å². The Morgan fingerprint density at radius 2 is 2.00 bits per heavy atom. The Hall–Kier alpha value is -2.80. The van der Waals surface area contributed by atoms with Gasteiger partial charge in [-0.25, -0.2) is 4.68 Å². The second-order valence-corrected chi connectivity index (χ2v) is 6.64. The van der Waals surface area contributed by atoms with E-state index < -0.39 is 0 Å². The molecule has 2 heterocycles. The predicted molar refractivity (Wildman–Crippen MR) is 103 cm³/mol. The van der Waals surface area contributed by atoms with E-state index in [1.165, 1.54) is 0 Å². The molecule has 0 spiro atoms. The first-order valence-corrected chi connectivity index (χ1v) is 9.04. The Balaban J connectivity index is 1.60. The minimum absolute atomic E-state index is 0.149. The SMILES string of the molecule is CCn1ncc(CN(C)C(=O)c2ccn(COc3ccc(Cl)cc3)n2)c1C. The smallest absolute Gasteiger partial charge is 0.274 e. The lowest BCUT2D eigenvalue weighted by molar-refractivity contribution is 0.0777. The number of carbonyl (C=O) groups is 1. The zero-order valence-corrected chi connectivity index (χ0v) is 16.3. The van der Waals surface area contributed by atoms with Crippen molar-refractivity contribution in [3.05, 3.63) is 64.7 Å². The van der Waals surface area contributed by atoms with E-state index in [0.717, 1.165) is 17.8 Å². The molecule has 27 heavy (non-hydrogen) atoms. The maximum Gasteiger partial charge on any atom is 0.274 e. The number of aryl methyl sites for hydroxylation is 1. The third kappa shape index (κ3) is 4.49. The van der Waals surface area contributed by atoms with Crippen molar-refractivity contribution in [2.24, 2.45) is 0 Å². The van der Waals surface area contributed by atoms with Crippen LogP contribution in [-0.2, 0) is 19.8 Å². The highest BCUT2D eigenvalue weighted by Gasteiger charge is 2.17. The fourth-order valence-corrected chi connectivity index (χ4v) is 2.83. The molecule has 0 N–H and O–H groups in total. The first-order valence-electron chi connectivity index (χ1n) is 8.66. The van der Waals surface area contributed by atoms with Crippen molar-refractivity contribution in [3.63, 3.8) is 0 Å². The average Bonchev–Trinajstić information content (AvgIpc) is 3.28. The molecule has 0 aliphatic carbocycles. The minimum atomic E-state index is -0.149. The zero-order chi connectivity index (χ0) is 19.4. The van der Waals surface area contributed by atoms with Crippen molar-refractivity contribution in [1.29, 1.82) is 0 Å². The molecule has 0 radical (unpaired) electrons. The number of aromatic nitrogens is 4. The van der Waals surface area contributed by atoms with Crippen LogP contribution >= 0.6 is 11.6 Å². The molecule has 3 aromatic rings. The molecule has 0 saturated heterocycles. The van der Waals surface area contributed by atoms with Gasteiger partial charge >= 0.3 is 0 Å². The lowest BCUT2D eigenvalue weighted by Gasteiger charge is -2.15. The molecule has 0 saturated carbocycles. The summed E-state index contributed by atoms with van der Waals surface area (Å²) in [6, 6.07) is 8.76. The molecule has 0 atom stereocenters. The molecule has 7 nitrogen and oxygen atoms in total. The van der Waals surface area contributed by atoms with Gasteiger partial charge in [-0.1, -0.05) is 11.6 Å². The third-order valence-electron chi connectivity index (χ3n) is 4.30. The van der Waals surface area contributed by atoms with Crippen LogP contribution in [0, 0.1) is 6.92 Å². The Labute approximate surface area is 163 Å². The fourth-order valence-electron chi connectivity index (χ4n) is 2.70. The van der Waals surface area contributed by atoms with E-state index in [1.54, 1.807) is 59.4 Å². The van der Waals surface area contributed by atoms with Crippen molar-refractivity contribution in [1.82, 2.24) is 24.5 Å². The summed E-state index contributed by atoms with van der Waals surface area (Å²) in [6.07, 6.45) is 3.53. The molecule has 1 amide bonds. The standard InChI is InChI=1S/C19H22ClN5O2/c1-4-25-14(2)15(11-21-25)12-23(3)19(26)18-9-10-24(22-18)13-27-17-7-5-16(20)6-8-17/h5-11H,4,12-13H2,1-3H3. The van der Waals surface area contributed by atoms with E-state index in [2.05, 4.69) is 10.2 Å². The van der Waals surface area contributed by atoms with E-state index in [9.17, 15) is 4.79 Å². The van der Waals surface area contributed by atoms with Gasteiger partial charge in [-0.05, 0) is 44.2 Å². The Morgan fingerprint density at radius 3 is 2.67 bits per heavy atom. The number of nitrogens with zero attached hydrogens (tertiary/aromatic N) is 5. The van der Waals surface area contributed by atoms with E-state index in [4.69, 9.17) is 16.3 Å². The number of hydrogen-bond acceptors (Lipinski definition) is 4. The van der Waals surface area contributed by atoms with Crippen molar-refractivity contribution < 1.29 is 9.53 Å². The fraction of sp³-hybridized carbons (Fsp3) is 0.316. The van der Waals surface area contributed by atoms with Gasteiger partial charge in [-0.2, -0.15) is 10.2 Å². The van der Waals surface area contributed by atoms with Gasteiger partial charge in [0.1, 0.15) is 5.75 Å². The van der Waals surface area contributed by atoms with Crippen LogP contribution in [0.25, 0.3) is 0 Å². The number of carbonyl (C=O) groups excluding carboxylic acids is 1. The van der Waals surface area contributed by atoms with Crippen LogP contribution in [0.15, 0.2) is 42.7 Å². The van der Waals surface area contributed by atoms with Gasteiger partial charge in [0.2, 0.25) is 0 Å². The number of halogens is 1. The maximum absolute atomic E-state index is 12.6. The van der Waals surface area contributed by atoms with Gasteiger partial charge in [0.05, 0.1) is 6.20 Å². The molecule has 8 heteroatoms. The zero-order valence-electron chi connectivity index (χ0n) is 15.6. The minimum Gasteiger partial charge on any atom is -0.471 e. The summed E-state index contributed by atoms with van der Waals surface area (Å²) in [7, 11) is 1.76. The topological polar surface area (TPSA) is 65.2 Å². The highest BCUT2D eigenvalue weighted by Crippen LogP contribution is 2.16. The molecule has 0 fully saturated rings. The Kier molecular flexibility index (Phi) is 5.81. The van der Waals surface area contributed by atoms with E-state index in [-0.39, 0.29) is 12.6 Å². The molecular formula is C19H22ClN5O2. The van der Waals surface area contributed by atoms with Gasteiger partial charge in [-0.15, -0.1) is 0 Å². The van der Waals surface area contributed by atoms with E-state index >= 15 is 0 Å². The Morgan fingerprint density at radius 1 is 1.26 bits per heavy atom. The average molecular weight is 388 g/mol. The summed E-state index contributed by atoms with van der Waals surface area (Å²) in [5.41, 5.74) is 2.47. The van der Waals surface area contributed by atoms with E-state index in [0.29, 0.717) is 23.0 Å². The molecule has 0 aliphatic rings. The van der Waals surface area contributed by atoms with Gasteiger partial charge in [0.25, 0.3) is 5.91 Å². The number of hydrogen-bond donors (Lipinski definition) is 0. The number of benzene rings is 1. The molecule has 0 unspecified atom stereocenters. The predicted octanol–water partition coefficient (Wildman–Crippen LogP) is 3.37. The van der Waals surface area contributed by atoms with Crippen molar-refractivity contribution in [3.8, 4) is 5.75 Å². The molecule has 142 valence electrons. The van der Waals surface area contributed by atoms with Crippen LogP contribution in [0.1, 0.15) is 28.7 Å². The second-order valence-electron chi connectivity index (χ2n) is 6.20. The molecule has 1 aromatic carbocycles. The largest absolute Gasteiger partial charge is 0.471 e. The van der Waals surface area contributed by atoms with Crippen LogP contribution in [0.2, 0.25) is 5.02 Å². The molecule has 0 bridgehead atoms. The van der Waals surface area contributed by atoms with Crippen molar-refractivity contribution in [2.75, 3.05) is 7.05 Å². The molecule has 2 aromatic heterocycles. The highest BCUT2D eigenvalue weighted by molar-refractivity contribution is 6.30. The summed E-state index contributed by atoms with van der Waals surface area (Å²) < 4.78 is 9.13. The summed E-state index contributed by atoms with van der Waals surface area (Å²) in [5, 5.41) is 9.27. The second kappa shape index (κ2) is 8.26. The van der Waals surface area contributed by atoms with Gasteiger partial charge in [-0.3, -0.25) is 9.48 Å². The van der Waals surface area contributed by atoms with Gasteiger partial charge < -0.3 is 9.64 Å². The number of ether oxygens (including phenoxy) is 1. The van der Waals surface area contributed by atoms with Gasteiger partial charge in [0, 0.05) is 42.6 Å². The normalized spacial score (nSPS) is 10.8. The van der Waals surface area contributed by atoms with Gasteiger partial charge in [0.15, 0.2) is 12.4 Å². The lowest BCUT2D eigenvalue weighted by Crippen LogP contribution is -2.27. The monoisotopic (exact) mass is 387 g/mol. The number of rotatable bonds is 7. The van der Waals surface area contributed by atoms with Crippen LogP contribution in [0.3, 0.4) is 0 Å². The maximum atomic E-state index is 12.6. The quantitative estimate of drug-likeness (QED) is 0.623. The first kappa shape index (κ1) is 19.0. The summed E-state index contributed by atoms with van der Waals surface area (Å²) in [5.74, 6) is 0.534. The first-order chi connectivity index (χ1) is 13.0. The van der Waals surface area contributed by atoms with E-state index in [1.807, 2.05) is 18.5 Å².